The molecule has 0 unspecified atom stereocenters. The van der Waals surface area contributed by atoms with Gasteiger partial charge < -0.3 is 9.84 Å². The van der Waals surface area contributed by atoms with Crippen molar-refractivity contribution in [3.05, 3.63) is 53.2 Å². The van der Waals surface area contributed by atoms with Crippen LogP contribution < -0.4 is 4.74 Å². The highest BCUT2D eigenvalue weighted by Crippen LogP contribution is 2.27. The van der Waals surface area contributed by atoms with Crippen LogP contribution in [-0.2, 0) is 9.84 Å². The number of nitriles is 1. The topological polar surface area (TPSA) is 104 Å². The van der Waals surface area contributed by atoms with E-state index in [0.29, 0.717) is 42.0 Å². The van der Waals surface area contributed by atoms with Crippen LogP contribution in [0.25, 0.3) is 0 Å². The van der Waals surface area contributed by atoms with Crippen molar-refractivity contribution in [3.8, 4) is 11.8 Å². The third kappa shape index (κ3) is 5.36. The highest BCUT2D eigenvalue weighted by atomic mass is 32.2. The average Bonchev–Trinajstić information content (AvgIpc) is 3.04. The van der Waals surface area contributed by atoms with Gasteiger partial charge >= 0.3 is 0 Å². The van der Waals surface area contributed by atoms with Crippen LogP contribution in [-0.4, -0.2) is 55.4 Å². The number of aliphatic hydroxyl groups is 1. The lowest BCUT2D eigenvalue weighted by Gasteiger charge is -2.24. The monoisotopic (exact) mass is 429 g/mol. The van der Waals surface area contributed by atoms with E-state index in [0.717, 1.165) is 24.8 Å². The molecule has 1 fully saturated rings. The molecule has 3 rings (SSSR count). The summed E-state index contributed by atoms with van der Waals surface area (Å²) in [6.45, 7) is 5.63. The van der Waals surface area contributed by atoms with E-state index in [4.69, 9.17) is 10.00 Å². The summed E-state index contributed by atoms with van der Waals surface area (Å²) in [4.78, 5) is 6.26. The molecule has 2 aromatic rings. The normalized spacial score (nSPS) is 20.6. The van der Waals surface area contributed by atoms with Crippen LogP contribution in [0.3, 0.4) is 0 Å². The van der Waals surface area contributed by atoms with Crippen LogP contribution in [0.1, 0.15) is 36.1 Å². The molecule has 8 heteroatoms. The number of ether oxygens (including phenoxy) is 1. The second-order valence-electron chi connectivity index (χ2n) is 8.03. The number of β-amino-alcohol motifs (C(OH)–C–C–N with tert-alkyl or cyclic N) is 1. The van der Waals surface area contributed by atoms with Crippen molar-refractivity contribution in [1.29, 1.82) is 5.26 Å². The van der Waals surface area contributed by atoms with E-state index in [2.05, 4.69) is 22.9 Å². The van der Waals surface area contributed by atoms with Crippen molar-refractivity contribution in [3.63, 3.8) is 0 Å². The standard InChI is InChI=1S/C22H27N3O4S/c1-15-7-20(11-24-22(15)30(3,27)28)29-14-18-8-16(2)25(12-18)13-21(26)19-6-4-5-17(9-19)10-23/h4-7,9,11,16,18,21,26H,8,12-14H2,1-3H3/t16-,18+,21-/m1/s1. The van der Waals surface area contributed by atoms with Gasteiger partial charge in [-0.1, -0.05) is 12.1 Å². The van der Waals surface area contributed by atoms with Crippen LogP contribution in [0.15, 0.2) is 41.6 Å². The van der Waals surface area contributed by atoms with Crippen LogP contribution in [0.5, 0.6) is 5.75 Å². The SMILES string of the molecule is Cc1cc(OC[C@H]2C[C@@H](C)N(C[C@@H](O)c3cccc(C#N)c3)C2)cnc1S(C)(=O)=O. The van der Waals surface area contributed by atoms with Gasteiger partial charge in [0.05, 0.1) is 30.5 Å². The molecule has 0 spiro atoms. The van der Waals surface area contributed by atoms with Crippen molar-refractivity contribution in [2.24, 2.45) is 5.92 Å². The summed E-state index contributed by atoms with van der Waals surface area (Å²) in [5.74, 6) is 0.854. The van der Waals surface area contributed by atoms with E-state index in [9.17, 15) is 13.5 Å². The summed E-state index contributed by atoms with van der Waals surface area (Å²) in [5, 5.41) is 19.7. The summed E-state index contributed by atoms with van der Waals surface area (Å²) in [6, 6.07) is 11.2. The number of likely N-dealkylation sites (tertiary alicyclic amines) is 1. The molecule has 30 heavy (non-hydrogen) atoms. The van der Waals surface area contributed by atoms with Gasteiger partial charge in [-0.3, -0.25) is 4.90 Å². The summed E-state index contributed by atoms with van der Waals surface area (Å²) >= 11 is 0. The molecule has 160 valence electrons. The van der Waals surface area contributed by atoms with Crippen molar-refractivity contribution >= 4 is 9.84 Å². The van der Waals surface area contributed by atoms with E-state index in [1.54, 1.807) is 31.2 Å². The van der Waals surface area contributed by atoms with Crippen molar-refractivity contribution in [1.82, 2.24) is 9.88 Å². The third-order valence-corrected chi connectivity index (χ3v) is 6.57. The molecular formula is C22H27N3O4S. The minimum absolute atomic E-state index is 0.0740. The number of aryl methyl sites for hydroxylation is 1. The van der Waals surface area contributed by atoms with Gasteiger partial charge in [-0.2, -0.15) is 5.26 Å². The number of rotatable bonds is 7. The summed E-state index contributed by atoms with van der Waals surface area (Å²) in [5.41, 5.74) is 1.85. The fourth-order valence-electron chi connectivity index (χ4n) is 3.95. The average molecular weight is 430 g/mol. The lowest BCUT2D eigenvalue weighted by atomic mass is 10.1. The molecule has 0 amide bonds. The smallest absolute Gasteiger partial charge is 0.193 e. The van der Waals surface area contributed by atoms with Crippen molar-refractivity contribution in [2.45, 2.75) is 37.4 Å². The Bertz CT molecular complexity index is 1050. The van der Waals surface area contributed by atoms with Gasteiger partial charge in [0.2, 0.25) is 0 Å². The molecule has 3 atom stereocenters. The predicted octanol–water partition coefficient (Wildman–Crippen LogP) is 2.49. The number of hydrogen-bond donors (Lipinski definition) is 1. The van der Waals surface area contributed by atoms with Gasteiger partial charge in [0.1, 0.15) is 5.75 Å². The number of aliphatic hydroxyl groups excluding tert-OH is 1. The van der Waals surface area contributed by atoms with Gasteiger partial charge in [0.15, 0.2) is 14.9 Å². The minimum Gasteiger partial charge on any atom is -0.492 e. The van der Waals surface area contributed by atoms with E-state index in [1.807, 2.05) is 6.07 Å². The van der Waals surface area contributed by atoms with E-state index in [-0.39, 0.29) is 5.03 Å². The Labute approximate surface area is 177 Å². The van der Waals surface area contributed by atoms with Crippen LogP contribution >= 0.6 is 0 Å². The molecule has 7 nitrogen and oxygen atoms in total. The fraction of sp³-hybridized carbons (Fsp3) is 0.455. The van der Waals surface area contributed by atoms with Crippen LogP contribution in [0.4, 0.5) is 0 Å². The van der Waals surface area contributed by atoms with Gasteiger partial charge in [0.25, 0.3) is 0 Å². The number of aromatic nitrogens is 1. The summed E-state index contributed by atoms with van der Waals surface area (Å²) < 4.78 is 29.2. The van der Waals surface area contributed by atoms with E-state index >= 15 is 0 Å². The Hall–Kier alpha value is -2.47. The quantitative estimate of drug-likeness (QED) is 0.721. The highest BCUT2D eigenvalue weighted by molar-refractivity contribution is 7.90. The number of benzene rings is 1. The highest BCUT2D eigenvalue weighted by Gasteiger charge is 2.31. The molecule has 2 heterocycles. The predicted molar refractivity (Wildman–Crippen MR) is 113 cm³/mol. The van der Waals surface area contributed by atoms with Crippen molar-refractivity contribution < 1.29 is 18.3 Å². The minimum atomic E-state index is -3.35. The molecule has 1 saturated heterocycles. The molecule has 0 saturated carbocycles. The maximum Gasteiger partial charge on any atom is 0.193 e. The number of pyridine rings is 1. The lowest BCUT2D eigenvalue weighted by molar-refractivity contribution is 0.107. The molecule has 0 radical (unpaired) electrons. The molecular weight excluding hydrogens is 402 g/mol. The Morgan fingerprint density at radius 1 is 1.40 bits per heavy atom. The largest absolute Gasteiger partial charge is 0.492 e. The second-order valence-corrected chi connectivity index (χ2v) is 9.96. The lowest BCUT2D eigenvalue weighted by Crippen LogP contribution is -2.32. The maximum absolute atomic E-state index is 11.7. The first-order valence-electron chi connectivity index (χ1n) is 9.89. The van der Waals surface area contributed by atoms with E-state index < -0.39 is 15.9 Å². The Kier molecular flexibility index (Phi) is 6.76. The Morgan fingerprint density at radius 2 is 2.17 bits per heavy atom. The van der Waals surface area contributed by atoms with Gasteiger partial charge in [-0.25, -0.2) is 13.4 Å². The molecule has 0 aliphatic carbocycles. The zero-order chi connectivity index (χ0) is 21.9. The Morgan fingerprint density at radius 3 is 2.83 bits per heavy atom. The van der Waals surface area contributed by atoms with E-state index in [1.165, 1.54) is 6.20 Å². The molecule has 1 aromatic carbocycles. The molecule has 1 N–H and O–H groups in total. The molecule has 0 bridgehead atoms. The maximum atomic E-state index is 11.7. The first-order chi connectivity index (χ1) is 14.2. The number of hydrogen-bond acceptors (Lipinski definition) is 7. The number of sulfone groups is 1. The van der Waals surface area contributed by atoms with Gasteiger partial charge in [0, 0.05) is 31.3 Å². The van der Waals surface area contributed by atoms with Gasteiger partial charge in [-0.05, 0) is 49.6 Å². The zero-order valence-corrected chi connectivity index (χ0v) is 18.3. The second kappa shape index (κ2) is 9.13. The Balaban J connectivity index is 1.56. The first-order valence-corrected chi connectivity index (χ1v) is 11.8. The first kappa shape index (κ1) is 22.2. The fourth-order valence-corrected chi connectivity index (χ4v) is 4.84. The van der Waals surface area contributed by atoms with Crippen molar-refractivity contribution in [2.75, 3.05) is 26.0 Å². The zero-order valence-electron chi connectivity index (χ0n) is 17.4. The van der Waals surface area contributed by atoms with Crippen LogP contribution in [0.2, 0.25) is 0 Å². The van der Waals surface area contributed by atoms with Crippen LogP contribution in [0, 0.1) is 24.2 Å². The third-order valence-electron chi connectivity index (χ3n) is 5.44. The summed E-state index contributed by atoms with van der Waals surface area (Å²) in [7, 11) is -3.35. The molecule has 1 aliphatic heterocycles. The molecule has 1 aliphatic rings. The number of nitrogens with zero attached hydrogens (tertiary/aromatic N) is 3. The molecule has 1 aromatic heterocycles. The van der Waals surface area contributed by atoms with Gasteiger partial charge in [-0.15, -0.1) is 0 Å². The summed E-state index contributed by atoms with van der Waals surface area (Å²) in [6.07, 6.45) is 2.88.